The van der Waals surface area contributed by atoms with Gasteiger partial charge in [-0.2, -0.15) is 0 Å². The van der Waals surface area contributed by atoms with Gasteiger partial charge >= 0.3 is 0 Å². The summed E-state index contributed by atoms with van der Waals surface area (Å²) in [7, 11) is 0. The number of allylic oxidation sites excluding steroid dienone is 1. The van der Waals surface area contributed by atoms with Crippen LogP contribution in [0.1, 0.15) is 51.5 Å². The summed E-state index contributed by atoms with van der Waals surface area (Å²) in [5.74, 6) is 0.774. The zero-order chi connectivity index (χ0) is 24.3. The Bertz CT molecular complexity index is 1960. The fourth-order valence-corrected chi connectivity index (χ4v) is 6.83. The Labute approximate surface area is 210 Å². The van der Waals surface area contributed by atoms with Gasteiger partial charge < -0.3 is 4.42 Å². The third kappa shape index (κ3) is 2.34. The molecule has 0 saturated heterocycles. The number of ketones is 2. The van der Waals surface area contributed by atoms with Gasteiger partial charge in [0.1, 0.15) is 5.76 Å². The van der Waals surface area contributed by atoms with E-state index in [4.69, 9.17) is 4.42 Å². The van der Waals surface area contributed by atoms with Crippen LogP contribution in [0.3, 0.4) is 0 Å². The first-order valence-electron chi connectivity index (χ1n) is 11.9. The van der Waals surface area contributed by atoms with Gasteiger partial charge in [-0.1, -0.05) is 50.2 Å². The lowest BCUT2D eigenvalue weighted by Crippen LogP contribution is -2.24. The van der Waals surface area contributed by atoms with Crippen molar-refractivity contribution in [3.63, 3.8) is 0 Å². The fourth-order valence-electron chi connectivity index (χ4n) is 6.02. The molecular weight excluding hydrogens is 466 g/mol. The first-order valence-corrected chi connectivity index (χ1v) is 12.8. The van der Waals surface area contributed by atoms with E-state index in [1.807, 2.05) is 35.7 Å². The number of nitrogens with zero attached hydrogens (tertiary/aromatic N) is 1. The van der Waals surface area contributed by atoms with Crippen molar-refractivity contribution in [1.29, 1.82) is 0 Å². The monoisotopic (exact) mass is 485 g/mol. The first kappa shape index (κ1) is 20.0. The molecule has 0 amide bonds. The Balaban J connectivity index is 1.35. The highest BCUT2D eigenvalue weighted by Gasteiger charge is 2.39. The summed E-state index contributed by atoms with van der Waals surface area (Å²) in [6.07, 6.45) is 1.63. The molecule has 0 unspecified atom stereocenters. The minimum atomic E-state index is -0.309. The Morgan fingerprint density at radius 3 is 2.50 bits per heavy atom. The van der Waals surface area contributed by atoms with E-state index in [-0.39, 0.29) is 22.6 Å². The third-order valence-electron chi connectivity index (χ3n) is 7.83. The number of hydrogen-bond donors (Lipinski definition) is 0. The second-order valence-electron chi connectivity index (χ2n) is 10.1. The average molecular weight is 486 g/mol. The molecule has 3 aromatic carbocycles. The molecule has 8 rings (SSSR count). The van der Waals surface area contributed by atoms with Gasteiger partial charge in [0.2, 0.25) is 5.88 Å². The summed E-state index contributed by atoms with van der Waals surface area (Å²) in [6, 6.07) is 22.4. The molecule has 36 heavy (non-hydrogen) atoms. The standard InChI is InChI=1S/C31H19NO3S/c1-31(2)23-8-5-7-19-18-6-3-4-9-25(18)32(27(19)23)30-24(31)14-17(35-30)13-22-28(33)20-12-16-10-11-36-26(16)15-21(20)29(22)34/h3-15H,1-2H3/b22-13-. The summed E-state index contributed by atoms with van der Waals surface area (Å²) in [4.78, 5) is 26.6. The highest BCUT2D eigenvalue weighted by Crippen LogP contribution is 2.48. The zero-order valence-electron chi connectivity index (χ0n) is 19.6. The van der Waals surface area contributed by atoms with E-state index in [1.54, 1.807) is 17.4 Å². The number of furan rings is 1. The quantitative estimate of drug-likeness (QED) is 0.177. The fraction of sp³-hybridized carbons (Fsp3) is 0.0968. The minimum Gasteiger partial charge on any atom is -0.440 e. The van der Waals surface area contributed by atoms with Crippen LogP contribution in [-0.4, -0.2) is 16.1 Å². The molecule has 0 fully saturated rings. The molecule has 2 aliphatic rings. The molecule has 172 valence electrons. The predicted molar refractivity (Wildman–Crippen MR) is 144 cm³/mol. The number of para-hydroxylation sites is 2. The minimum absolute atomic E-state index is 0.159. The topological polar surface area (TPSA) is 52.2 Å². The lowest BCUT2D eigenvalue weighted by Gasteiger charge is -2.31. The normalized spacial score (nSPS) is 17.0. The second kappa shape index (κ2) is 6.50. The maximum absolute atomic E-state index is 13.3. The van der Waals surface area contributed by atoms with Gasteiger partial charge in [0.25, 0.3) is 0 Å². The average Bonchev–Trinajstić information content (AvgIpc) is 3.63. The summed E-state index contributed by atoms with van der Waals surface area (Å²) < 4.78 is 9.65. The van der Waals surface area contributed by atoms with Crippen molar-refractivity contribution in [3.8, 4) is 5.88 Å². The van der Waals surface area contributed by atoms with Gasteiger partial charge in [-0.05, 0) is 52.7 Å². The number of aromatic nitrogens is 1. The van der Waals surface area contributed by atoms with E-state index in [1.165, 1.54) is 16.3 Å². The molecule has 0 N–H and O–H groups in total. The Hall–Kier alpha value is -4.22. The zero-order valence-corrected chi connectivity index (χ0v) is 20.4. The third-order valence-corrected chi connectivity index (χ3v) is 8.71. The molecule has 0 bridgehead atoms. The van der Waals surface area contributed by atoms with Crippen LogP contribution in [0.4, 0.5) is 0 Å². The van der Waals surface area contributed by atoms with Gasteiger partial charge in [-0.3, -0.25) is 14.2 Å². The number of carbonyl (C=O) groups is 2. The van der Waals surface area contributed by atoms with E-state index < -0.39 is 0 Å². The molecule has 1 aliphatic carbocycles. The molecule has 6 aromatic rings. The van der Waals surface area contributed by atoms with Crippen molar-refractivity contribution < 1.29 is 14.0 Å². The first-order chi connectivity index (χ1) is 17.4. The number of thiophene rings is 1. The Morgan fingerprint density at radius 2 is 1.64 bits per heavy atom. The molecule has 4 nitrogen and oxygen atoms in total. The van der Waals surface area contributed by atoms with Gasteiger partial charge in [0, 0.05) is 37.6 Å². The van der Waals surface area contributed by atoms with Gasteiger partial charge in [-0.25, -0.2) is 0 Å². The van der Waals surface area contributed by atoms with E-state index in [9.17, 15) is 9.59 Å². The lowest BCUT2D eigenvalue weighted by molar-refractivity contribution is 0.0990. The largest absolute Gasteiger partial charge is 0.440 e. The van der Waals surface area contributed by atoms with Crippen molar-refractivity contribution >= 4 is 60.9 Å². The van der Waals surface area contributed by atoms with Crippen molar-refractivity contribution in [3.05, 3.63) is 106 Å². The van der Waals surface area contributed by atoms with E-state index in [0.29, 0.717) is 16.9 Å². The predicted octanol–water partition coefficient (Wildman–Crippen LogP) is 7.69. The van der Waals surface area contributed by atoms with E-state index in [2.05, 4.69) is 54.8 Å². The van der Waals surface area contributed by atoms with Crippen LogP contribution in [0.2, 0.25) is 0 Å². The number of Topliss-reactive ketones (excluding diaryl/α,β-unsaturated/α-hetero) is 2. The molecule has 0 atom stereocenters. The summed E-state index contributed by atoms with van der Waals surface area (Å²) >= 11 is 1.57. The van der Waals surface area contributed by atoms with Gasteiger partial charge in [0.15, 0.2) is 11.6 Å². The van der Waals surface area contributed by atoms with Crippen molar-refractivity contribution in [2.45, 2.75) is 19.3 Å². The summed E-state index contributed by atoms with van der Waals surface area (Å²) in [6.45, 7) is 4.39. The van der Waals surface area contributed by atoms with E-state index >= 15 is 0 Å². The lowest BCUT2D eigenvalue weighted by atomic mass is 9.76. The number of benzene rings is 3. The van der Waals surface area contributed by atoms with Gasteiger partial charge in [-0.15, -0.1) is 11.3 Å². The second-order valence-corrected chi connectivity index (χ2v) is 11.1. The number of fused-ring (bicyclic) bond motifs is 7. The molecule has 0 radical (unpaired) electrons. The molecule has 5 heteroatoms. The molecular formula is C31H19NO3S. The van der Waals surface area contributed by atoms with Crippen LogP contribution < -0.4 is 0 Å². The van der Waals surface area contributed by atoms with Crippen LogP contribution in [0.5, 0.6) is 0 Å². The summed E-state index contributed by atoms with van der Waals surface area (Å²) in [5.41, 5.74) is 5.28. The highest BCUT2D eigenvalue weighted by atomic mass is 32.1. The smallest absolute Gasteiger partial charge is 0.209 e. The number of rotatable bonds is 1. The molecule has 1 aliphatic heterocycles. The van der Waals surface area contributed by atoms with Crippen molar-refractivity contribution in [1.82, 2.24) is 4.57 Å². The van der Waals surface area contributed by atoms with E-state index in [0.717, 1.165) is 32.6 Å². The summed E-state index contributed by atoms with van der Waals surface area (Å²) in [5, 5.41) is 5.32. The van der Waals surface area contributed by atoms with Crippen LogP contribution >= 0.6 is 11.3 Å². The molecule has 0 spiro atoms. The maximum Gasteiger partial charge on any atom is 0.209 e. The number of hydrogen-bond acceptors (Lipinski definition) is 4. The van der Waals surface area contributed by atoms with Crippen LogP contribution in [0.25, 0.3) is 43.9 Å². The highest BCUT2D eigenvalue weighted by molar-refractivity contribution is 7.17. The van der Waals surface area contributed by atoms with Crippen LogP contribution in [-0.2, 0) is 5.41 Å². The molecule has 0 saturated carbocycles. The van der Waals surface area contributed by atoms with Crippen molar-refractivity contribution in [2.75, 3.05) is 0 Å². The van der Waals surface area contributed by atoms with Crippen molar-refractivity contribution in [2.24, 2.45) is 0 Å². The molecule has 4 heterocycles. The Kier molecular flexibility index (Phi) is 3.62. The SMILES string of the molecule is CC1(C)c2cc(/C=C3/C(=O)c4cc5ccsc5cc4C3=O)oc2-n2c3ccccc3c3cccc1c32. The Morgan fingerprint density at radius 1 is 0.861 bits per heavy atom. The van der Waals surface area contributed by atoms with Gasteiger partial charge in [0.05, 0.1) is 16.6 Å². The van der Waals surface area contributed by atoms with Crippen LogP contribution in [0.15, 0.2) is 82.1 Å². The maximum atomic E-state index is 13.3. The van der Waals surface area contributed by atoms with Crippen LogP contribution in [0, 0.1) is 0 Å². The molecule has 3 aromatic heterocycles. The number of carbonyl (C=O) groups excluding carboxylic acids is 2.